The molecular formula is C25H36F2N2O2. The number of hydrogen-bond donors (Lipinski definition) is 0. The second-order valence-electron chi connectivity index (χ2n) is 7.87. The summed E-state index contributed by atoms with van der Waals surface area (Å²) in [5.41, 5.74) is 0.852. The number of ether oxygens (including phenoxy) is 2. The van der Waals surface area contributed by atoms with Crippen LogP contribution in [-0.2, 0) is 0 Å². The minimum Gasteiger partial charge on any atom is -0.493 e. The van der Waals surface area contributed by atoms with Crippen molar-refractivity contribution in [3.05, 3.63) is 36.7 Å². The van der Waals surface area contributed by atoms with Gasteiger partial charge in [0.05, 0.1) is 25.6 Å². The molecule has 2 rings (SSSR count). The molecule has 2 atom stereocenters. The van der Waals surface area contributed by atoms with E-state index >= 15 is 0 Å². The van der Waals surface area contributed by atoms with Gasteiger partial charge in [-0.15, -0.1) is 0 Å². The lowest BCUT2D eigenvalue weighted by molar-refractivity contribution is 0.222. The van der Waals surface area contributed by atoms with Gasteiger partial charge in [-0.3, -0.25) is 0 Å². The first kappa shape index (κ1) is 25.0. The molecule has 0 saturated carbocycles. The van der Waals surface area contributed by atoms with E-state index in [0.717, 1.165) is 37.7 Å². The molecule has 0 aliphatic rings. The zero-order valence-corrected chi connectivity index (χ0v) is 18.9. The van der Waals surface area contributed by atoms with Crippen LogP contribution in [0.3, 0.4) is 0 Å². The van der Waals surface area contributed by atoms with Gasteiger partial charge in [0.25, 0.3) is 0 Å². The molecular weight excluding hydrogens is 398 g/mol. The Hall–Kier alpha value is -2.24. The molecule has 2 unspecified atom stereocenters. The molecule has 0 bridgehead atoms. The predicted octanol–water partition coefficient (Wildman–Crippen LogP) is 7.13. The summed E-state index contributed by atoms with van der Waals surface area (Å²) in [6, 6.07) is 7.42. The molecule has 0 radical (unpaired) electrons. The molecule has 0 aliphatic heterocycles. The van der Waals surface area contributed by atoms with Gasteiger partial charge in [0.1, 0.15) is 18.1 Å². The number of unbranched alkanes of at least 4 members (excludes halogenated alkanes) is 3. The Morgan fingerprint density at radius 3 is 1.84 bits per heavy atom. The number of aromatic nitrogens is 2. The number of rotatable bonds is 16. The molecule has 1 aromatic carbocycles. The monoisotopic (exact) mass is 434 g/mol. The summed E-state index contributed by atoms with van der Waals surface area (Å²) in [6.07, 6.45) is 8.60. The van der Waals surface area contributed by atoms with Crippen molar-refractivity contribution in [3.63, 3.8) is 0 Å². The van der Waals surface area contributed by atoms with E-state index in [2.05, 4.69) is 23.8 Å². The van der Waals surface area contributed by atoms with E-state index in [0.29, 0.717) is 56.2 Å². The molecule has 1 aromatic heterocycles. The van der Waals surface area contributed by atoms with Gasteiger partial charge in [0, 0.05) is 18.4 Å². The van der Waals surface area contributed by atoms with Crippen LogP contribution in [0.15, 0.2) is 36.7 Å². The topological polar surface area (TPSA) is 44.2 Å². The third kappa shape index (κ3) is 10.1. The molecule has 0 aliphatic carbocycles. The Kier molecular flexibility index (Phi) is 11.9. The van der Waals surface area contributed by atoms with E-state index < -0.39 is 12.3 Å². The van der Waals surface area contributed by atoms with Crippen molar-refractivity contribution >= 4 is 0 Å². The molecule has 0 spiro atoms. The van der Waals surface area contributed by atoms with Crippen LogP contribution >= 0.6 is 0 Å². The number of nitrogens with zero attached hydrogens (tertiary/aromatic N) is 2. The molecule has 0 N–H and O–H groups in total. The highest BCUT2D eigenvalue weighted by Crippen LogP contribution is 2.21. The molecule has 0 saturated heterocycles. The summed E-state index contributed by atoms with van der Waals surface area (Å²) in [5, 5.41) is 0. The minimum absolute atomic E-state index is 0.320. The first-order chi connectivity index (χ1) is 15.1. The van der Waals surface area contributed by atoms with Gasteiger partial charge in [0.15, 0.2) is 11.6 Å². The number of alkyl halides is 2. The van der Waals surface area contributed by atoms with Crippen LogP contribution in [-0.4, -0.2) is 35.5 Å². The zero-order valence-electron chi connectivity index (χ0n) is 18.9. The summed E-state index contributed by atoms with van der Waals surface area (Å²) < 4.78 is 38.6. The fourth-order valence-corrected chi connectivity index (χ4v) is 3.18. The first-order valence-corrected chi connectivity index (χ1v) is 11.6. The SMILES string of the molecule is CCCCCC(F)CCOc1cnc(-c2ccc(OCCC(F)CCCC)cc2)nc1. The fraction of sp³-hybridized carbons (Fsp3) is 0.600. The largest absolute Gasteiger partial charge is 0.493 e. The average Bonchev–Trinajstić information content (AvgIpc) is 2.79. The number of halogens is 2. The highest BCUT2D eigenvalue weighted by Gasteiger charge is 2.08. The lowest BCUT2D eigenvalue weighted by atomic mass is 10.1. The van der Waals surface area contributed by atoms with Gasteiger partial charge in [-0.25, -0.2) is 18.7 Å². The number of hydrogen-bond acceptors (Lipinski definition) is 4. The Bertz CT molecular complexity index is 710. The van der Waals surface area contributed by atoms with E-state index in [1.807, 2.05) is 24.3 Å². The summed E-state index contributed by atoms with van der Waals surface area (Å²) in [5.74, 6) is 1.81. The van der Waals surface area contributed by atoms with Crippen LogP contribution in [0.5, 0.6) is 11.5 Å². The van der Waals surface area contributed by atoms with Crippen molar-refractivity contribution in [1.82, 2.24) is 9.97 Å². The third-order valence-electron chi connectivity index (χ3n) is 5.13. The smallest absolute Gasteiger partial charge is 0.159 e. The summed E-state index contributed by atoms with van der Waals surface area (Å²) in [6.45, 7) is 4.86. The zero-order chi connectivity index (χ0) is 22.3. The van der Waals surface area contributed by atoms with Crippen LogP contribution in [0.4, 0.5) is 8.78 Å². The van der Waals surface area contributed by atoms with Gasteiger partial charge in [-0.05, 0) is 37.1 Å². The first-order valence-electron chi connectivity index (χ1n) is 11.6. The van der Waals surface area contributed by atoms with E-state index in [1.165, 1.54) is 0 Å². The molecule has 4 nitrogen and oxygen atoms in total. The Labute approximate surface area is 185 Å². The molecule has 1 heterocycles. The molecule has 2 aromatic rings. The highest BCUT2D eigenvalue weighted by atomic mass is 19.1. The molecule has 31 heavy (non-hydrogen) atoms. The van der Waals surface area contributed by atoms with Gasteiger partial charge in [0.2, 0.25) is 0 Å². The van der Waals surface area contributed by atoms with E-state index in [1.54, 1.807) is 12.4 Å². The van der Waals surface area contributed by atoms with Crippen LogP contribution in [0.1, 0.15) is 71.6 Å². The highest BCUT2D eigenvalue weighted by molar-refractivity contribution is 5.56. The average molecular weight is 435 g/mol. The summed E-state index contributed by atoms with van der Waals surface area (Å²) in [7, 11) is 0. The van der Waals surface area contributed by atoms with E-state index in [4.69, 9.17) is 9.47 Å². The van der Waals surface area contributed by atoms with Crippen molar-refractivity contribution in [2.24, 2.45) is 0 Å². The maximum atomic E-state index is 13.8. The Morgan fingerprint density at radius 2 is 1.26 bits per heavy atom. The Balaban J connectivity index is 1.73. The quantitative estimate of drug-likeness (QED) is 0.264. The number of benzene rings is 1. The maximum Gasteiger partial charge on any atom is 0.159 e. The lowest BCUT2D eigenvalue weighted by Gasteiger charge is -2.10. The van der Waals surface area contributed by atoms with Gasteiger partial charge >= 0.3 is 0 Å². The fourth-order valence-electron chi connectivity index (χ4n) is 3.18. The summed E-state index contributed by atoms with van der Waals surface area (Å²) in [4.78, 5) is 8.66. The Morgan fingerprint density at radius 1 is 0.710 bits per heavy atom. The second-order valence-corrected chi connectivity index (χ2v) is 7.87. The van der Waals surface area contributed by atoms with Gasteiger partial charge in [-0.1, -0.05) is 46.0 Å². The van der Waals surface area contributed by atoms with Crippen molar-refractivity contribution in [1.29, 1.82) is 0 Å². The molecule has 0 amide bonds. The van der Waals surface area contributed by atoms with E-state index in [9.17, 15) is 8.78 Å². The lowest BCUT2D eigenvalue weighted by Crippen LogP contribution is -2.08. The van der Waals surface area contributed by atoms with Crippen LogP contribution in [0.25, 0.3) is 11.4 Å². The second kappa shape index (κ2) is 14.7. The predicted molar refractivity (Wildman–Crippen MR) is 121 cm³/mol. The van der Waals surface area contributed by atoms with Crippen LogP contribution < -0.4 is 9.47 Å². The van der Waals surface area contributed by atoms with E-state index in [-0.39, 0.29) is 0 Å². The normalized spacial score (nSPS) is 13.0. The standard InChI is InChI=1S/C25H36F2N2O2/c1-3-5-7-9-22(27)15-17-31-24-18-28-25(29-19-24)20-10-12-23(13-11-20)30-16-14-21(26)8-6-4-2/h10-13,18-19,21-22H,3-9,14-17H2,1-2H3. The van der Waals surface area contributed by atoms with Gasteiger partial charge in [-0.2, -0.15) is 0 Å². The minimum atomic E-state index is -0.820. The van der Waals surface area contributed by atoms with Crippen LogP contribution in [0.2, 0.25) is 0 Å². The van der Waals surface area contributed by atoms with Crippen molar-refractivity contribution in [3.8, 4) is 22.9 Å². The van der Waals surface area contributed by atoms with Crippen molar-refractivity contribution in [2.45, 2.75) is 84.0 Å². The van der Waals surface area contributed by atoms with Crippen molar-refractivity contribution < 1.29 is 18.3 Å². The summed E-state index contributed by atoms with van der Waals surface area (Å²) >= 11 is 0. The third-order valence-corrected chi connectivity index (χ3v) is 5.13. The van der Waals surface area contributed by atoms with Gasteiger partial charge < -0.3 is 9.47 Å². The van der Waals surface area contributed by atoms with Crippen LogP contribution in [0, 0.1) is 0 Å². The molecule has 6 heteroatoms. The molecule has 0 fully saturated rings. The maximum absolute atomic E-state index is 13.8. The molecule has 172 valence electrons. The van der Waals surface area contributed by atoms with Crippen molar-refractivity contribution in [2.75, 3.05) is 13.2 Å².